The van der Waals surface area contributed by atoms with Crippen LogP contribution in [-0.2, 0) is 4.79 Å². The first-order chi connectivity index (χ1) is 11.2. The van der Waals surface area contributed by atoms with Gasteiger partial charge in [0.05, 0.1) is 18.8 Å². The number of aromatic nitrogens is 1. The van der Waals surface area contributed by atoms with Gasteiger partial charge >= 0.3 is 0 Å². The van der Waals surface area contributed by atoms with Crippen molar-refractivity contribution in [1.82, 2.24) is 10.3 Å². The van der Waals surface area contributed by atoms with E-state index in [2.05, 4.69) is 10.3 Å². The maximum absolute atomic E-state index is 12.5. The van der Waals surface area contributed by atoms with Gasteiger partial charge in [-0.15, -0.1) is 0 Å². The van der Waals surface area contributed by atoms with Gasteiger partial charge in [0, 0.05) is 12.5 Å². The average molecular weight is 353 g/mol. The molecule has 6 heteroatoms. The van der Waals surface area contributed by atoms with Crippen molar-refractivity contribution in [3.05, 3.63) is 23.0 Å². The van der Waals surface area contributed by atoms with Gasteiger partial charge in [0.15, 0.2) is 5.78 Å². The van der Waals surface area contributed by atoms with Crippen molar-refractivity contribution in [1.29, 1.82) is 0 Å². The first-order valence-corrected chi connectivity index (χ1v) is 8.72. The molecule has 0 bridgehead atoms. The highest BCUT2D eigenvalue weighted by atomic mass is 35.5. The third-order valence-corrected chi connectivity index (χ3v) is 4.32. The van der Waals surface area contributed by atoms with Crippen LogP contribution >= 0.6 is 11.6 Å². The first-order valence-electron chi connectivity index (χ1n) is 8.34. The summed E-state index contributed by atoms with van der Waals surface area (Å²) in [6.45, 7) is 8.16. The maximum Gasteiger partial charge on any atom is 0.270 e. The molecule has 1 saturated carbocycles. The number of hydrogen-bond donors (Lipinski definition) is 1. The van der Waals surface area contributed by atoms with Crippen LogP contribution in [0.15, 0.2) is 12.3 Å². The van der Waals surface area contributed by atoms with Gasteiger partial charge in [-0.05, 0) is 24.2 Å². The third-order valence-electron chi connectivity index (χ3n) is 4.04. The molecular weight excluding hydrogens is 328 g/mol. The van der Waals surface area contributed by atoms with Crippen LogP contribution in [-0.4, -0.2) is 29.3 Å². The molecule has 1 heterocycles. The molecule has 1 aromatic rings. The van der Waals surface area contributed by atoms with Crippen LogP contribution in [0.3, 0.4) is 0 Å². The number of pyridine rings is 1. The lowest BCUT2D eigenvalue weighted by molar-refractivity contribution is -0.122. The first kappa shape index (κ1) is 18.7. The minimum absolute atomic E-state index is 0.00461. The molecule has 1 aliphatic carbocycles. The number of carbonyl (C=O) groups excluding carboxylic acids is 2. The Bertz CT molecular complexity index is 621. The minimum Gasteiger partial charge on any atom is -0.492 e. The van der Waals surface area contributed by atoms with Gasteiger partial charge in [0.1, 0.15) is 16.5 Å². The highest BCUT2D eigenvalue weighted by molar-refractivity contribution is 6.32. The molecule has 1 amide bonds. The molecule has 132 valence electrons. The summed E-state index contributed by atoms with van der Waals surface area (Å²) in [4.78, 5) is 28.7. The Hall–Kier alpha value is -1.62. The molecule has 0 aliphatic heterocycles. The quantitative estimate of drug-likeness (QED) is 0.813. The Morgan fingerprint density at radius 3 is 2.62 bits per heavy atom. The molecule has 0 unspecified atom stereocenters. The van der Waals surface area contributed by atoms with Gasteiger partial charge in [-0.2, -0.15) is 0 Å². The molecule has 0 spiro atoms. The second-order valence-electron chi connectivity index (χ2n) is 7.35. The fourth-order valence-corrected chi connectivity index (χ4v) is 2.49. The normalized spacial score (nSPS) is 15.7. The zero-order valence-corrected chi connectivity index (χ0v) is 15.4. The van der Waals surface area contributed by atoms with Crippen LogP contribution in [0.1, 0.15) is 57.4 Å². The predicted octanol–water partition coefficient (Wildman–Crippen LogP) is 3.65. The molecule has 5 nitrogen and oxygen atoms in total. The molecule has 0 aromatic carbocycles. The Kier molecular flexibility index (Phi) is 5.86. The van der Waals surface area contributed by atoms with Crippen molar-refractivity contribution in [2.24, 2.45) is 11.3 Å². The van der Waals surface area contributed by atoms with E-state index in [4.69, 9.17) is 16.3 Å². The number of halogens is 1. The van der Waals surface area contributed by atoms with Crippen molar-refractivity contribution in [2.45, 2.75) is 53.0 Å². The van der Waals surface area contributed by atoms with E-state index in [0.29, 0.717) is 29.7 Å². The number of carbonyl (C=O) groups is 2. The molecule has 0 saturated heterocycles. The topological polar surface area (TPSA) is 68.3 Å². The van der Waals surface area contributed by atoms with Crippen molar-refractivity contribution < 1.29 is 14.3 Å². The standard InChI is InChI=1S/C18H25ClN2O3/c1-5-14(22)16(18(2,3)4)21-17(23)13-8-15(12(19)9-20-13)24-10-11-6-7-11/h8-9,11,16H,5-7,10H2,1-4H3,(H,21,23)/t16-/m1/s1. The van der Waals surface area contributed by atoms with E-state index >= 15 is 0 Å². The Morgan fingerprint density at radius 1 is 1.42 bits per heavy atom. The van der Waals surface area contributed by atoms with Crippen LogP contribution in [0.2, 0.25) is 5.02 Å². The summed E-state index contributed by atoms with van der Waals surface area (Å²) in [5.74, 6) is 0.636. The van der Waals surface area contributed by atoms with Crippen molar-refractivity contribution in [2.75, 3.05) is 6.61 Å². The van der Waals surface area contributed by atoms with Crippen molar-refractivity contribution in [3.8, 4) is 5.75 Å². The Balaban J connectivity index is 2.12. The predicted molar refractivity (Wildman–Crippen MR) is 93.5 cm³/mol. The average Bonchev–Trinajstić information content (AvgIpc) is 3.34. The van der Waals surface area contributed by atoms with Crippen LogP contribution < -0.4 is 10.1 Å². The zero-order chi connectivity index (χ0) is 17.9. The molecule has 1 N–H and O–H groups in total. The van der Waals surface area contributed by atoms with E-state index in [9.17, 15) is 9.59 Å². The van der Waals surface area contributed by atoms with Gasteiger partial charge in [0.2, 0.25) is 0 Å². The second kappa shape index (κ2) is 7.51. The highest BCUT2D eigenvalue weighted by Crippen LogP contribution is 2.31. The molecule has 24 heavy (non-hydrogen) atoms. The lowest BCUT2D eigenvalue weighted by Crippen LogP contribution is -2.49. The van der Waals surface area contributed by atoms with Crippen LogP contribution in [0.25, 0.3) is 0 Å². The van der Waals surface area contributed by atoms with Gasteiger partial charge in [0.25, 0.3) is 5.91 Å². The van der Waals surface area contributed by atoms with Crippen LogP contribution in [0.5, 0.6) is 5.75 Å². The summed E-state index contributed by atoms with van der Waals surface area (Å²) in [7, 11) is 0. The number of ether oxygens (including phenoxy) is 1. The summed E-state index contributed by atoms with van der Waals surface area (Å²) in [5, 5.41) is 3.18. The second-order valence-corrected chi connectivity index (χ2v) is 7.75. The highest BCUT2D eigenvalue weighted by Gasteiger charge is 2.32. The van der Waals surface area contributed by atoms with Crippen LogP contribution in [0.4, 0.5) is 0 Å². The molecule has 0 radical (unpaired) electrons. The third kappa shape index (κ3) is 4.94. The number of Topliss-reactive ketones (excluding diaryl/α,β-unsaturated/α-hetero) is 1. The van der Waals surface area contributed by atoms with Gasteiger partial charge in [-0.25, -0.2) is 4.98 Å². The summed E-state index contributed by atoms with van der Waals surface area (Å²) in [5.41, 5.74) is -0.177. The van der Waals surface area contributed by atoms with Gasteiger partial charge < -0.3 is 10.1 Å². The summed E-state index contributed by atoms with van der Waals surface area (Å²) >= 11 is 6.08. The monoisotopic (exact) mass is 352 g/mol. The SMILES string of the molecule is CCC(=O)[C@@H](NC(=O)c1cc(OCC2CC2)c(Cl)cn1)C(C)(C)C. The Labute approximate surface area is 148 Å². The van der Waals surface area contributed by atoms with E-state index in [1.54, 1.807) is 6.92 Å². The molecule has 1 fully saturated rings. The van der Waals surface area contributed by atoms with E-state index in [0.717, 1.165) is 0 Å². The van der Waals surface area contributed by atoms with E-state index in [1.165, 1.54) is 25.1 Å². The van der Waals surface area contributed by atoms with E-state index in [-0.39, 0.29) is 16.9 Å². The Morgan fingerprint density at radius 2 is 2.08 bits per heavy atom. The number of amides is 1. The number of nitrogens with zero attached hydrogens (tertiary/aromatic N) is 1. The summed E-state index contributed by atoms with van der Waals surface area (Å²) in [6, 6.07) is 0.972. The zero-order valence-electron chi connectivity index (χ0n) is 14.7. The van der Waals surface area contributed by atoms with Crippen molar-refractivity contribution >= 4 is 23.3 Å². The number of hydrogen-bond acceptors (Lipinski definition) is 4. The lowest BCUT2D eigenvalue weighted by atomic mass is 9.83. The lowest BCUT2D eigenvalue weighted by Gasteiger charge is -2.30. The fourth-order valence-electron chi connectivity index (χ4n) is 2.34. The molecule has 2 rings (SSSR count). The summed E-state index contributed by atoms with van der Waals surface area (Å²) < 4.78 is 5.67. The molecule has 1 aromatic heterocycles. The van der Waals surface area contributed by atoms with E-state index < -0.39 is 11.9 Å². The van der Waals surface area contributed by atoms with Gasteiger partial charge in [-0.1, -0.05) is 39.3 Å². The molecule has 1 aliphatic rings. The number of rotatable bonds is 7. The number of nitrogens with one attached hydrogen (secondary N) is 1. The van der Waals surface area contributed by atoms with E-state index in [1.807, 2.05) is 20.8 Å². The minimum atomic E-state index is -0.566. The van der Waals surface area contributed by atoms with Gasteiger partial charge in [-0.3, -0.25) is 9.59 Å². The van der Waals surface area contributed by atoms with Crippen LogP contribution in [0, 0.1) is 11.3 Å². The smallest absolute Gasteiger partial charge is 0.270 e. The number of ketones is 1. The summed E-state index contributed by atoms with van der Waals surface area (Å²) in [6.07, 6.45) is 4.11. The molecule has 1 atom stereocenters. The largest absolute Gasteiger partial charge is 0.492 e. The fraction of sp³-hybridized carbons (Fsp3) is 0.611. The molecular formula is C18H25ClN2O3. The van der Waals surface area contributed by atoms with Crippen molar-refractivity contribution in [3.63, 3.8) is 0 Å². The maximum atomic E-state index is 12.5.